The molecule has 2 atom stereocenters. The second kappa shape index (κ2) is 11.4. The van der Waals surface area contributed by atoms with Gasteiger partial charge in [0.25, 0.3) is 0 Å². The van der Waals surface area contributed by atoms with E-state index in [1.807, 2.05) is 0 Å². The fourth-order valence-corrected chi connectivity index (χ4v) is 3.28. The standard InChI is InChI=1S/C23H29N3O8/c1-23(2,3)34-22(32)25-17(12-14(27)11-13-9-10-18(28)26-19(13)29)20(30)24-16-8-6-5-7-15(16)21(31)33-4/h5-8,13,17H,9-12H2,1-4H3,(H,24,30)(H,25,32)(H,26,28,29)/t13?,17-/m0/s1. The first-order valence-corrected chi connectivity index (χ1v) is 10.7. The Morgan fingerprint density at radius 2 is 1.82 bits per heavy atom. The number of anilines is 1. The van der Waals surface area contributed by atoms with Crippen LogP contribution in [0.15, 0.2) is 24.3 Å². The molecule has 3 N–H and O–H groups in total. The molecular formula is C23H29N3O8. The molecule has 0 radical (unpaired) electrons. The first kappa shape index (κ1) is 26.5. The number of ether oxygens (including phenoxy) is 2. The molecule has 0 saturated carbocycles. The number of methoxy groups -OCH3 is 1. The third kappa shape index (κ3) is 7.98. The second-order valence-electron chi connectivity index (χ2n) is 8.82. The largest absolute Gasteiger partial charge is 0.465 e. The number of nitrogens with one attached hydrogen (secondary N) is 3. The molecule has 1 saturated heterocycles. The zero-order chi connectivity index (χ0) is 25.5. The van der Waals surface area contributed by atoms with Gasteiger partial charge in [-0.05, 0) is 39.3 Å². The molecule has 1 aromatic carbocycles. The van der Waals surface area contributed by atoms with Gasteiger partial charge >= 0.3 is 12.1 Å². The number of benzene rings is 1. The van der Waals surface area contributed by atoms with Crippen molar-refractivity contribution in [2.45, 2.75) is 58.1 Å². The maximum Gasteiger partial charge on any atom is 0.408 e. The molecular weight excluding hydrogens is 446 g/mol. The summed E-state index contributed by atoms with van der Waals surface area (Å²) < 4.78 is 9.90. The highest BCUT2D eigenvalue weighted by Crippen LogP contribution is 2.20. The highest BCUT2D eigenvalue weighted by atomic mass is 16.6. The lowest BCUT2D eigenvalue weighted by molar-refractivity contribution is -0.138. The van der Waals surface area contributed by atoms with Crippen LogP contribution < -0.4 is 16.0 Å². The minimum absolute atomic E-state index is 0.0873. The number of ketones is 1. The van der Waals surface area contributed by atoms with Crippen LogP contribution in [-0.4, -0.2) is 54.3 Å². The molecule has 4 amide bonds. The maximum atomic E-state index is 13.0. The van der Waals surface area contributed by atoms with Gasteiger partial charge in [-0.15, -0.1) is 0 Å². The summed E-state index contributed by atoms with van der Waals surface area (Å²) in [6.07, 6.45) is -1.20. The van der Waals surface area contributed by atoms with E-state index in [0.717, 1.165) is 0 Å². The molecule has 11 heteroatoms. The number of alkyl carbamates (subject to hydrolysis) is 1. The van der Waals surface area contributed by atoms with E-state index in [4.69, 9.17) is 9.47 Å². The van der Waals surface area contributed by atoms with Gasteiger partial charge in [0.05, 0.1) is 18.4 Å². The quantitative estimate of drug-likeness (QED) is 0.379. The molecule has 1 aliphatic heterocycles. The first-order chi connectivity index (χ1) is 15.9. The van der Waals surface area contributed by atoms with Gasteiger partial charge in [0.2, 0.25) is 17.7 Å². The Balaban J connectivity index is 2.17. The molecule has 1 aliphatic rings. The van der Waals surface area contributed by atoms with Gasteiger partial charge in [0.1, 0.15) is 17.4 Å². The van der Waals surface area contributed by atoms with Crippen molar-refractivity contribution in [3.8, 4) is 0 Å². The smallest absolute Gasteiger partial charge is 0.408 e. The molecule has 11 nitrogen and oxygen atoms in total. The highest BCUT2D eigenvalue weighted by molar-refractivity contribution is 6.05. The second-order valence-corrected chi connectivity index (χ2v) is 8.82. The Labute approximate surface area is 196 Å². The van der Waals surface area contributed by atoms with Gasteiger partial charge in [0.15, 0.2) is 0 Å². The van der Waals surface area contributed by atoms with Crippen LogP contribution in [0.5, 0.6) is 0 Å². The number of Topliss-reactive ketones (excluding diaryl/α,β-unsaturated/α-hetero) is 1. The Kier molecular flexibility index (Phi) is 8.88. The average Bonchev–Trinajstić information content (AvgIpc) is 2.73. The number of para-hydroxylation sites is 1. The van der Waals surface area contributed by atoms with Crippen molar-refractivity contribution < 1.29 is 38.2 Å². The van der Waals surface area contributed by atoms with Gasteiger partial charge in [-0.25, -0.2) is 9.59 Å². The van der Waals surface area contributed by atoms with E-state index in [1.54, 1.807) is 32.9 Å². The van der Waals surface area contributed by atoms with Gasteiger partial charge < -0.3 is 20.1 Å². The number of amides is 4. The monoisotopic (exact) mass is 475 g/mol. The predicted molar refractivity (Wildman–Crippen MR) is 120 cm³/mol. The van der Waals surface area contributed by atoms with Gasteiger partial charge in [-0.2, -0.15) is 0 Å². The summed E-state index contributed by atoms with van der Waals surface area (Å²) in [5.41, 5.74) is -0.628. The number of imide groups is 1. The fourth-order valence-electron chi connectivity index (χ4n) is 3.28. The molecule has 0 aromatic heterocycles. The number of esters is 1. The van der Waals surface area contributed by atoms with Crippen molar-refractivity contribution in [2.24, 2.45) is 5.92 Å². The van der Waals surface area contributed by atoms with Crippen LogP contribution in [0, 0.1) is 5.92 Å². The van der Waals surface area contributed by atoms with E-state index in [0.29, 0.717) is 0 Å². The summed E-state index contributed by atoms with van der Waals surface area (Å²) in [5.74, 6) is -3.55. The number of carbonyl (C=O) groups is 6. The minimum atomic E-state index is -1.35. The summed E-state index contributed by atoms with van der Waals surface area (Å²) in [4.78, 5) is 73.3. The summed E-state index contributed by atoms with van der Waals surface area (Å²) in [7, 11) is 1.20. The molecule has 1 aromatic rings. The van der Waals surface area contributed by atoms with Crippen LogP contribution in [0.3, 0.4) is 0 Å². The Bertz CT molecular complexity index is 983. The molecule has 34 heavy (non-hydrogen) atoms. The van der Waals surface area contributed by atoms with Gasteiger partial charge in [-0.3, -0.25) is 24.5 Å². The Hall–Kier alpha value is -3.76. The highest BCUT2D eigenvalue weighted by Gasteiger charge is 2.32. The van der Waals surface area contributed by atoms with Gasteiger partial charge in [0, 0.05) is 25.2 Å². The fraction of sp³-hybridized carbons (Fsp3) is 0.478. The molecule has 1 fully saturated rings. The molecule has 1 heterocycles. The van der Waals surface area contributed by atoms with Crippen molar-refractivity contribution in [1.29, 1.82) is 0 Å². The van der Waals surface area contributed by atoms with E-state index in [-0.39, 0.29) is 30.5 Å². The molecule has 2 rings (SSSR count). The topological polar surface area (TPSA) is 157 Å². The number of piperidine rings is 1. The summed E-state index contributed by atoms with van der Waals surface area (Å²) in [6.45, 7) is 4.92. The van der Waals surface area contributed by atoms with Crippen LogP contribution in [0.4, 0.5) is 10.5 Å². The van der Waals surface area contributed by atoms with E-state index in [2.05, 4.69) is 16.0 Å². The first-order valence-electron chi connectivity index (χ1n) is 10.7. The normalized spacial score (nSPS) is 16.6. The van der Waals surface area contributed by atoms with Crippen molar-refractivity contribution >= 4 is 41.3 Å². The zero-order valence-corrected chi connectivity index (χ0v) is 19.6. The predicted octanol–water partition coefficient (Wildman–Crippen LogP) is 1.71. The van der Waals surface area contributed by atoms with E-state index in [1.165, 1.54) is 19.2 Å². The lowest BCUT2D eigenvalue weighted by atomic mass is 9.91. The lowest BCUT2D eigenvalue weighted by Gasteiger charge is -2.24. The molecule has 0 spiro atoms. The molecule has 184 valence electrons. The van der Waals surface area contributed by atoms with Gasteiger partial charge in [-0.1, -0.05) is 12.1 Å². The zero-order valence-electron chi connectivity index (χ0n) is 19.6. The summed E-state index contributed by atoms with van der Waals surface area (Å²) in [6, 6.07) is 4.75. The van der Waals surface area contributed by atoms with Crippen molar-refractivity contribution in [3.05, 3.63) is 29.8 Å². The van der Waals surface area contributed by atoms with Crippen LogP contribution in [0.25, 0.3) is 0 Å². The number of rotatable bonds is 8. The summed E-state index contributed by atoms with van der Waals surface area (Å²) >= 11 is 0. The van der Waals surface area contributed by atoms with Crippen molar-refractivity contribution in [2.75, 3.05) is 12.4 Å². The van der Waals surface area contributed by atoms with E-state index < -0.39 is 59.5 Å². The number of hydrogen-bond acceptors (Lipinski definition) is 8. The van der Waals surface area contributed by atoms with Crippen molar-refractivity contribution in [1.82, 2.24) is 10.6 Å². The SMILES string of the molecule is COC(=O)c1ccccc1NC(=O)[C@H](CC(=O)CC1CCC(=O)NC1=O)NC(=O)OC(C)(C)C. The number of carbonyl (C=O) groups excluding carboxylic acids is 6. The van der Waals surface area contributed by atoms with Crippen LogP contribution in [0.1, 0.15) is 56.8 Å². The Morgan fingerprint density at radius 3 is 2.44 bits per heavy atom. The lowest BCUT2D eigenvalue weighted by Crippen LogP contribution is -2.47. The third-order valence-corrected chi connectivity index (χ3v) is 4.86. The molecule has 0 bridgehead atoms. The maximum absolute atomic E-state index is 13.0. The minimum Gasteiger partial charge on any atom is -0.465 e. The third-order valence-electron chi connectivity index (χ3n) is 4.86. The number of hydrogen-bond donors (Lipinski definition) is 3. The molecule has 0 aliphatic carbocycles. The molecule has 1 unspecified atom stereocenters. The van der Waals surface area contributed by atoms with E-state index in [9.17, 15) is 28.8 Å². The van der Waals surface area contributed by atoms with Crippen LogP contribution >= 0.6 is 0 Å². The summed E-state index contributed by atoms with van der Waals surface area (Å²) in [5, 5.41) is 7.09. The van der Waals surface area contributed by atoms with Crippen molar-refractivity contribution in [3.63, 3.8) is 0 Å². The average molecular weight is 475 g/mol. The van der Waals surface area contributed by atoms with Crippen LogP contribution in [0.2, 0.25) is 0 Å². The Morgan fingerprint density at radius 1 is 1.15 bits per heavy atom. The van der Waals surface area contributed by atoms with E-state index >= 15 is 0 Å². The van der Waals surface area contributed by atoms with Crippen LogP contribution in [-0.2, 0) is 28.7 Å².